The number of nitrogens with zero attached hydrogens (tertiary/aromatic N) is 2. The molecule has 8 heteroatoms. The maximum absolute atomic E-state index is 12.4. The van der Waals surface area contributed by atoms with Gasteiger partial charge in [-0.05, 0) is 30.3 Å². The summed E-state index contributed by atoms with van der Waals surface area (Å²) < 4.78 is 16.9. The molecule has 0 amide bonds. The largest absolute Gasteiger partial charge is 0.457 e. The van der Waals surface area contributed by atoms with Gasteiger partial charge in [-0.2, -0.15) is 0 Å². The highest BCUT2D eigenvalue weighted by atomic mass is 16.7. The number of aryl methyl sites for hydroxylation is 1. The van der Waals surface area contributed by atoms with Gasteiger partial charge >= 0.3 is 5.97 Å². The molecule has 8 nitrogen and oxygen atoms in total. The van der Waals surface area contributed by atoms with Crippen LogP contribution >= 0.6 is 0 Å². The quantitative estimate of drug-likeness (QED) is 0.466. The molecule has 0 aliphatic carbocycles. The Morgan fingerprint density at radius 2 is 1.93 bits per heavy atom. The van der Waals surface area contributed by atoms with Crippen molar-refractivity contribution in [2.75, 3.05) is 13.4 Å². The third-order valence-corrected chi connectivity index (χ3v) is 4.69. The number of aromatic nitrogens is 2. The van der Waals surface area contributed by atoms with Crippen LogP contribution in [0.4, 0.5) is 0 Å². The Kier molecular flexibility index (Phi) is 4.99. The Morgan fingerprint density at radius 3 is 2.79 bits per heavy atom. The van der Waals surface area contributed by atoms with E-state index in [1.807, 2.05) is 0 Å². The lowest BCUT2D eigenvalue weighted by atomic mass is 10.1. The minimum atomic E-state index is -0.540. The van der Waals surface area contributed by atoms with E-state index in [1.54, 1.807) is 49.5 Å². The number of carbonyl (C=O) groups is 2. The Morgan fingerprint density at radius 1 is 1.14 bits per heavy atom. The molecular formula is C21H18N2O6. The van der Waals surface area contributed by atoms with Gasteiger partial charge in [-0.3, -0.25) is 19.0 Å². The van der Waals surface area contributed by atoms with E-state index in [0.29, 0.717) is 33.8 Å². The molecule has 2 heterocycles. The number of hydrogen-bond donors (Lipinski definition) is 0. The molecule has 0 saturated carbocycles. The van der Waals surface area contributed by atoms with Crippen LogP contribution in [0.25, 0.3) is 10.9 Å². The number of Topliss-reactive ketones (excluding diaryl/α,β-unsaturated/α-hetero) is 1. The van der Waals surface area contributed by atoms with Crippen LogP contribution in [-0.4, -0.2) is 34.7 Å². The van der Waals surface area contributed by atoms with Gasteiger partial charge in [0.1, 0.15) is 5.82 Å². The number of ketones is 1. The molecule has 29 heavy (non-hydrogen) atoms. The molecule has 0 fully saturated rings. The van der Waals surface area contributed by atoms with E-state index in [0.717, 1.165) is 0 Å². The van der Waals surface area contributed by atoms with Crippen molar-refractivity contribution in [2.45, 2.75) is 12.8 Å². The third-order valence-electron chi connectivity index (χ3n) is 4.69. The molecule has 0 atom stereocenters. The average molecular weight is 394 g/mol. The zero-order valence-corrected chi connectivity index (χ0v) is 15.7. The SMILES string of the molecule is Cn1c(CCC(=O)OCC(=O)c2ccc3c(c2)OCO3)nc2ccccc2c1=O. The van der Waals surface area contributed by atoms with Crippen LogP contribution in [0, 0.1) is 0 Å². The second-order valence-electron chi connectivity index (χ2n) is 6.56. The second-order valence-corrected chi connectivity index (χ2v) is 6.56. The highest BCUT2D eigenvalue weighted by Gasteiger charge is 2.17. The Hall–Kier alpha value is -3.68. The van der Waals surface area contributed by atoms with Gasteiger partial charge in [-0.15, -0.1) is 0 Å². The summed E-state index contributed by atoms with van der Waals surface area (Å²) in [7, 11) is 1.62. The van der Waals surface area contributed by atoms with Crippen LogP contribution in [-0.2, 0) is 23.0 Å². The molecule has 4 rings (SSSR count). The van der Waals surface area contributed by atoms with Gasteiger partial charge in [0.15, 0.2) is 23.9 Å². The molecule has 0 spiro atoms. The first-order chi connectivity index (χ1) is 14.0. The molecule has 0 bridgehead atoms. The smallest absolute Gasteiger partial charge is 0.306 e. The summed E-state index contributed by atoms with van der Waals surface area (Å²) in [5, 5.41) is 0.524. The van der Waals surface area contributed by atoms with Gasteiger partial charge in [-0.25, -0.2) is 4.98 Å². The monoisotopic (exact) mass is 394 g/mol. The highest BCUT2D eigenvalue weighted by Crippen LogP contribution is 2.32. The lowest BCUT2D eigenvalue weighted by molar-refractivity contribution is -0.142. The van der Waals surface area contributed by atoms with Crippen molar-refractivity contribution in [3.05, 3.63) is 64.2 Å². The molecule has 2 aromatic carbocycles. The molecular weight excluding hydrogens is 376 g/mol. The number of para-hydroxylation sites is 1. The summed E-state index contributed by atoms with van der Waals surface area (Å²) in [6.45, 7) is -0.254. The minimum Gasteiger partial charge on any atom is -0.457 e. The predicted molar refractivity (Wildman–Crippen MR) is 103 cm³/mol. The van der Waals surface area contributed by atoms with Gasteiger partial charge in [0.05, 0.1) is 17.3 Å². The number of benzene rings is 2. The summed E-state index contributed by atoms with van der Waals surface area (Å²) in [6, 6.07) is 11.8. The van der Waals surface area contributed by atoms with Gasteiger partial charge in [0, 0.05) is 19.0 Å². The Balaban J connectivity index is 1.36. The zero-order valence-electron chi connectivity index (χ0n) is 15.7. The Labute approximate surface area is 165 Å². The van der Waals surface area contributed by atoms with Gasteiger partial charge in [0.2, 0.25) is 6.79 Å². The van der Waals surface area contributed by atoms with E-state index >= 15 is 0 Å². The van der Waals surface area contributed by atoms with Crippen molar-refractivity contribution in [3.63, 3.8) is 0 Å². The first kappa shape index (κ1) is 18.7. The number of ether oxygens (including phenoxy) is 3. The van der Waals surface area contributed by atoms with E-state index in [9.17, 15) is 14.4 Å². The number of fused-ring (bicyclic) bond motifs is 2. The molecule has 1 aliphatic heterocycles. The molecule has 1 aromatic heterocycles. The van der Waals surface area contributed by atoms with E-state index in [1.165, 1.54) is 4.57 Å². The van der Waals surface area contributed by atoms with Crippen LogP contribution in [0.1, 0.15) is 22.6 Å². The molecule has 1 aliphatic rings. The van der Waals surface area contributed by atoms with E-state index in [2.05, 4.69) is 4.98 Å². The van der Waals surface area contributed by atoms with Gasteiger partial charge in [0.25, 0.3) is 5.56 Å². The lowest BCUT2D eigenvalue weighted by Gasteiger charge is -2.09. The standard InChI is InChI=1S/C21H18N2O6/c1-23-19(22-15-5-3-2-4-14(15)21(23)26)8-9-20(25)27-11-16(24)13-6-7-17-18(10-13)29-12-28-17/h2-7,10H,8-9,11-12H2,1H3. The maximum atomic E-state index is 12.4. The Bertz CT molecular complexity index is 1170. The van der Waals surface area contributed by atoms with Gasteiger partial charge in [-0.1, -0.05) is 12.1 Å². The first-order valence-corrected chi connectivity index (χ1v) is 9.06. The minimum absolute atomic E-state index is 0.00698. The summed E-state index contributed by atoms with van der Waals surface area (Å²) in [6.07, 6.45) is 0.237. The number of carbonyl (C=O) groups excluding carboxylic acids is 2. The van der Waals surface area contributed by atoms with Crippen LogP contribution in [0.5, 0.6) is 11.5 Å². The van der Waals surface area contributed by atoms with E-state index in [-0.39, 0.29) is 37.6 Å². The molecule has 0 unspecified atom stereocenters. The summed E-state index contributed by atoms with van der Waals surface area (Å²) >= 11 is 0. The fourth-order valence-electron chi connectivity index (χ4n) is 3.07. The normalized spacial score (nSPS) is 12.2. The van der Waals surface area contributed by atoms with Crippen molar-refractivity contribution in [2.24, 2.45) is 7.05 Å². The third kappa shape index (κ3) is 3.82. The maximum Gasteiger partial charge on any atom is 0.306 e. The van der Waals surface area contributed by atoms with Crippen molar-refractivity contribution >= 4 is 22.7 Å². The predicted octanol–water partition coefficient (Wildman–Crippen LogP) is 2.02. The van der Waals surface area contributed by atoms with Crippen molar-refractivity contribution in [3.8, 4) is 11.5 Å². The number of rotatable bonds is 6. The summed E-state index contributed by atoms with van der Waals surface area (Å²) in [5.74, 6) is 0.666. The molecule has 3 aromatic rings. The van der Waals surface area contributed by atoms with Gasteiger partial charge < -0.3 is 14.2 Å². The van der Waals surface area contributed by atoms with Crippen molar-refractivity contribution in [1.29, 1.82) is 0 Å². The number of esters is 1. The fourth-order valence-corrected chi connectivity index (χ4v) is 3.07. The summed E-state index contributed by atoms with van der Waals surface area (Å²) in [5.41, 5.74) is 0.787. The summed E-state index contributed by atoms with van der Waals surface area (Å²) in [4.78, 5) is 41.1. The van der Waals surface area contributed by atoms with Crippen LogP contribution < -0.4 is 15.0 Å². The molecule has 148 valence electrons. The molecule has 0 N–H and O–H groups in total. The lowest BCUT2D eigenvalue weighted by Crippen LogP contribution is -2.23. The first-order valence-electron chi connectivity index (χ1n) is 9.06. The topological polar surface area (TPSA) is 96.7 Å². The van der Waals surface area contributed by atoms with Crippen molar-refractivity contribution < 1.29 is 23.8 Å². The highest BCUT2D eigenvalue weighted by molar-refractivity contribution is 5.98. The van der Waals surface area contributed by atoms with Crippen molar-refractivity contribution in [1.82, 2.24) is 9.55 Å². The number of hydrogen-bond acceptors (Lipinski definition) is 7. The van der Waals surface area contributed by atoms with Crippen LogP contribution in [0.3, 0.4) is 0 Å². The van der Waals surface area contributed by atoms with E-state index < -0.39 is 5.97 Å². The average Bonchev–Trinajstić information content (AvgIpc) is 3.21. The van der Waals surface area contributed by atoms with E-state index in [4.69, 9.17) is 14.2 Å². The second kappa shape index (κ2) is 7.75. The van der Waals surface area contributed by atoms with Crippen LogP contribution in [0.15, 0.2) is 47.3 Å². The fraction of sp³-hybridized carbons (Fsp3) is 0.238. The molecule has 0 radical (unpaired) electrons. The molecule has 0 saturated heterocycles. The van der Waals surface area contributed by atoms with Crippen LogP contribution in [0.2, 0.25) is 0 Å². The zero-order chi connectivity index (χ0) is 20.4.